The number of rotatable bonds is 6. The number of carbonyl (C=O) groups excluding carboxylic acids is 1. The zero-order valence-electron chi connectivity index (χ0n) is 15.1. The van der Waals surface area contributed by atoms with Crippen LogP contribution in [0.1, 0.15) is 28.9 Å². The largest absolute Gasteiger partial charge is 0.346 e. The van der Waals surface area contributed by atoms with Crippen molar-refractivity contribution in [3.63, 3.8) is 0 Å². The maximum Gasteiger partial charge on any atom is 0.261 e. The highest BCUT2D eigenvalue weighted by Gasteiger charge is 2.15. The number of nitrogens with one attached hydrogen (secondary N) is 2. The van der Waals surface area contributed by atoms with Crippen molar-refractivity contribution < 1.29 is 13.2 Å². The second kappa shape index (κ2) is 8.46. The van der Waals surface area contributed by atoms with Crippen LogP contribution >= 0.6 is 11.6 Å². The third-order valence-electron chi connectivity index (χ3n) is 4.17. The molecule has 1 amide bonds. The number of anilines is 1. The number of benzene rings is 3. The molecule has 0 radical (unpaired) electrons. The quantitative estimate of drug-likeness (QED) is 0.617. The summed E-state index contributed by atoms with van der Waals surface area (Å²) in [4.78, 5) is 12.5. The monoisotopic (exact) mass is 414 g/mol. The van der Waals surface area contributed by atoms with E-state index in [2.05, 4.69) is 10.0 Å². The van der Waals surface area contributed by atoms with E-state index < -0.39 is 10.0 Å². The van der Waals surface area contributed by atoms with Gasteiger partial charge in [0, 0.05) is 16.3 Å². The highest BCUT2D eigenvalue weighted by atomic mass is 35.5. The van der Waals surface area contributed by atoms with Crippen LogP contribution in [-0.4, -0.2) is 14.3 Å². The Hall–Kier alpha value is -2.83. The summed E-state index contributed by atoms with van der Waals surface area (Å²) in [5.41, 5.74) is 1.81. The van der Waals surface area contributed by atoms with Crippen molar-refractivity contribution in [1.29, 1.82) is 0 Å². The van der Waals surface area contributed by atoms with Crippen molar-refractivity contribution in [2.24, 2.45) is 0 Å². The van der Waals surface area contributed by atoms with Crippen LogP contribution in [0.5, 0.6) is 0 Å². The van der Waals surface area contributed by atoms with Crippen molar-refractivity contribution in [3.05, 3.63) is 95.0 Å². The van der Waals surface area contributed by atoms with Crippen LogP contribution in [0.4, 0.5) is 5.69 Å². The molecule has 0 heterocycles. The molecular formula is C21H19ClN2O3S. The Labute approximate surface area is 169 Å². The summed E-state index contributed by atoms with van der Waals surface area (Å²) < 4.78 is 27.3. The van der Waals surface area contributed by atoms with Gasteiger partial charge in [-0.05, 0) is 61.0 Å². The summed E-state index contributed by atoms with van der Waals surface area (Å²) in [6.45, 7) is 1.90. The van der Waals surface area contributed by atoms with Gasteiger partial charge in [-0.15, -0.1) is 0 Å². The Morgan fingerprint density at radius 3 is 2.11 bits per heavy atom. The second-order valence-corrected chi connectivity index (χ2v) is 8.36. The van der Waals surface area contributed by atoms with E-state index in [4.69, 9.17) is 11.6 Å². The molecule has 3 rings (SSSR count). The summed E-state index contributed by atoms with van der Waals surface area (Å²) in [7, 11) is -3.73. The number of halogens is 1. The molecule has 0 aliphatic rings. The minimum atomic E-state index is -3.73. The van der Waals surface area contributed by atoms with Gasteiger partial charge in [0.15, 0.2) is 0 Å². The lowest BCUT2D eigenvalue weighted by Crippen LogP contribution is -2.26. The lowest BCUT2D eigenvalue weighted by Gasteiger charge is -2.14. The molecule has 0 saturated carbocycles. The minimum Gasteiger partial charge on any atom is -0.346 e. The molecule has 0 fully saturated rings. The summed E-state index contributed by atoms with van der Waals surface area (Å²) in [6, 6.07) is 21.6. The first-order valence-corrected chi connectivity index (χ1v) is 10.5. The van der Waals surface area contributed by atoms with Crippen LogP contribution in [0.15, 0.2) is 83.8 Å². The molecule has 0 aliphatic carbocycles. The van der Waals surface area contributed by atoms with Gasteiger partial charge in [0.25, 0.3) is 15.9 Å². The zero-order valence-corrected chi connectivity index (χ0v) is 16.7. The van der Waals surface area contributed by atoms with Gasteiger partial charge in [-0.3, -0.25) is 9.52 Å². The molecule has 0 unspecified atom stereocenters. The first-order chi connectivity index (χ1) is 13.3. The van der Waals surface area contributed by atoms with E-state index in [0.29, 0.717) is 16.3 Å². The van der Waals surface area contributed by atoms with Crippen LogP contribution in [-0.2, 0) is 10.0 Å². The molecule has 144 valence electrons. The topological polar surface area (TPSA) is 75.3 Å². The predicted octanol–water partition coefficient (Wildman–Crippen LogP) is 4.63. The number of hydrogen-bond donors (Lipinski definition) is 2. The van der Waals surface area contributed by atoms with Crippen molar-refractivity contribution in [1.82, 2.24) is 5.32 Å². The van der Waals surface area contributed by atoms with Gasteiger partial charge in [0.1, 0.15) is 0 Å². The molecule has 0 spiro atoms. The van der Waals surface area contributed by atoms with Crippen LogP contribution in [0.2, 0.25) is 5.02 Å². The van der Waals surface area contributed by atoms with Gasteiger partial charge < -0.3 is 5.32 Å². The highest BCUT2D eigenvalue weighted by Crippen LogP contribution is 2.19. The SMILES string of the molecule is C[C@@H](NC(=O)c1ccc(NS(=O)(=O)c2ccc(Cl)cc2)cc1)c1ccccc1. The fourth-order valence-corrected chi connectivity index (χ4v) is 3.81. The third-order valence-corrected chi connectivity index (χ3v) is 5.82. The van der Waals surface area contributed by atoms with E-state index in [1.54, 1.807) is 24.3 Å². The molecule has 0 aromatic heterocycles. The number of amides is 1. The average Bonchev–Trinajstić information content (AvgIpc) is 2.69. The lowest BCUT2D eigenvalue weighted by atomic mass is 10.1. The van der Waals surface area contributed by atoms with Crippen LogP contribution < -0.4 is 10.0 Å². The molecule has 5 nitrogen and oxygen atoms in total. The van der Waals surface area contributed by atoms with Gasteiger partial charge in [0.05, 0.1) is 10.9 Å². The van der Waals surface area contributed by atoms with E-state index in [-0.39, 0.29) is 16.8 Å². The molecule has 0 aliphatic heterocycles. The number of sulfonamides is 1. The Morgan fingerprint density at radius 2 is 1.50 bits per heavy atom. The molecule has 3 aromatic rings. The Kier molecular flexibility index (Phi) is 6.02. The first kappa shape index (κ1) is 19.9. The van der Waals surface area contributed by atoms with E-state index >= 15 is 0 Å². The molecule has 3 aromatic carbocycles. The molecule has 0 bridgehead atoms. The Balaban J connectivity index is 1.67. The second-order valence-electron chi connectivity index (χ2n) is 6.24. The van der Waals surface area contributed by atoms with Crippen LogP contribution in [0.3, 0.4) is 0 Å². The molecule has 1 atom stereocenters. The van der Waals surface area contributed by atoms with E-state index in [0.717, 1.165) is 5.56 Å². The van der Waals surface area contributed by atoms with E-state index in [1.807, 2.05) is 37.3 Å². The summed E-state index contributed by atoms with van der Waals surface area (Å²) in [5.74, 6) is -0.233. The van der Waals surface area contributed by atoms with Crippen molar-refractivity contribution >= 4 is 33.2 Å². The Morgan fingerprint density at radius 1 is 0.893 bits per heavy atom. The fourth-order valence-electron chi connectivity index (χ4n) is 2.62. The molecule has 7 heteroatoms. The lowest BCUT2D eigenvalue weighted by molar-refractivity contribution is 0.0940. The summed E-state index contributed by atoms with van der Waals surface area (Å²) in [5, 5.41) is 3.38. The van der Waals surface area contributed by atoms with E-state index in [9.17, 15) is 13.2 Å². The standard InChI is InChI=1S/C21H19ClN2O3S/c1-15(16-5-3-2-4-6-16)23-21(25)17-7-11-19(12-8-17)24-28(26,27)20-13-9-18(22)10-14-20/h2-15,24H,1H3,(H,23,25)/t15-/m1/s1. The minimum absolute atomic E-state index is 0.107. The number of hydrogen-bond acceptors (Lipinski definition) is 3. The van der Waals surface area contributed by atoms with Crippen molar-refractivity contribution in [3.8, 4) is 0 Å². The highest BCUT2D eigenvalue weighted by molar-refractivity contribution is 7.92. The molecule has 2 N–H and O–H groups in total. The molecular weight excluding hydrogens is 396 g/mol. The normalized spacial score (nSPS) is 12.2. The van der Waals surface area contributed by atoms with Crippen molar-refractivity contribution in [2.45, 2.75) is 17.9 Å². The summed E-state index contributed by atoms with van der Waals surface area (Å²) >= 11 is 5.79. The zero-order chi connectivity index (χ0) is 20.1. The fraction of sp³-hybridized carbons (Fsp3) is 0.0952. The Bertz CT molecular complexity index is 1050. The van der Waals surface area contributed by atoms with E-state index in [1.165, 1.54) is 24.3 Å². The van der Waals surface area contributed by atoms with Gasteiger partial charge in [-0.25, -0.2) is 8.42 Å². The first-order valence-electron chi connectivity index (χ1n) is 8.59. The van der Waals surface area contributed by atoms with Gasteiger partial charge in [-0.2, -0.15) is 0 Å². The number of carbonyl (C=O) groups is 1. The maximum absolute atomic E-state index is 12.4. The average molecular weight is 415 g/mol. The van der Waals surface area contributed by atoms with Crippen LogP contribution in [0.25, 0.3) is 0 Å². The predicted molar refractivity (Wildman–Crippen MR) is 111 cm³/mol. The molecule has 0 saturated heterocycles. The third kappa shape index (κ3) is 4.91. The van der Waals surface area contributed by atoms with Gasteiger partial charge in [-0.1, -0.05) is 41.9 Å². The van der Waals surface area contributed by atoms with Gasteiger partial charge in [0.2, 0.25) is 0 Å². The van der Waals surface area contributed by atoms with Crippen molar-refractivity contribution in [2.75, 3.05) is 4.72 Å². The van der Waals surface area contributed by atoms with Crippen LogP contribution in [0, 0.1) is 0 Å². The summed E-state index contributed by atoms with van der Waals surface area (Å²) in [6.07, 6.45) is 0. The smallest absolute Gasteiger partial charge is 0.261 e. The molecule has 28 heavy (non-hydrogen) atoms. The van der Waals surface area contributed by atoms with Gasteiger partial charge >= 0.3 is 0 Å². The maximum atomic E-state index is 12.4.